The third-order valence-electron chi connectivity index (χ3n) is 2.54. The minimum absolute atomic E-state index is 0.143. The summed E-state index contributed by atoms with van der Waals surface area (Å²) in [5.41, 5.74) is -0.480. The molecule has 1 heterocycles. The van der Waals surface area contributed by atoms with Gasteiger partial charge in [0.1, 0.15) is 0 Å². The predicted molar refractivity (Wildman–Crippen MR) is 56.1 cm³/mol. The average Bonchev–Trinajstić information content (AvgIpc) is 2.65. The maximum Gasteiger partial charge on any atom is 0.419 e. The van der Waals surface area contributed by atoms with Crippen molar-refractivity contribution in [3.63, 3.8) is 0 Å². The Hall–Kier alpha value is -1.00. The Kier molecular flexibility index (Phi) is 4.83. The highest BCUT2D eigenvalue weighted by atomic mass is 19.4. The molecule has 1 aromatic heterocycles. The number of alkyl halides is 3. The second kappa shape index (κ2) is 5.92. The van der Waals surface area contributed by atoms with E-state index in [0.717, 1.165) is 38.3 Å². The first-order valence-corrected chi connectivity index (χ1v) is 5.65. The molecule has 0 spiro atoms. The van der Waals surface area contributed by atoms with Crippen molar-refractivity contribution in [2.24, 2.45) is 0 Å². The van der Waals surface area contributed by atoms with Crippen molar-refractivity contribution in [3.05, 3.63) is 17.5 Å². The molecule has 1 aromatic rings. The number of nitrogens with zero attached hydrogens (tertiary/aromatic N) is 1. The molecule has 0 aliphatic carbocycles. The van der Waals surface area contributed by atoms with Crippen molar-refractivity contribution < 1.29 is 13.2 Å². The zero-order valence-corrected chi connectivity index (χ0v) is 9.40. The van der Waals surface area contributed by atoms with Crippen LogP contribution in [0.3, 0.4) is 0 Å². The van der Waals surface area contributed by atoms with E-state index < -0.39 is 11.7 Å². The van der Waals surface area contributed by atoms with Gasteiger partial charge in [0, 0.05) is 6.20 Å². The highest BCUT2D eigenvalue weighted by Gasteiger charge is 2.34. The molecule has 0 amide bonds. The van der Waals surface area contributed by atoms with Crippen LogP contribution in [-0.4, -0.2) is 10.2 Å². The van der Waals surface area contributed by atoms with Gasteiger partial charge in [-0.05, 0) is 12.8 Å². The highest BCUT2D eigenvalue weighted by Crippen LogP contribution is 2.31. The minimum Gasteiger partial charge on any atom is -0.285 e. The fourth-order valence-electron chi connectivity index (χ4n) is 1.65. The molecule has 0 saturated heterocycles. The average molecular weight is 234 g/mol. The lowest BCUT2D eigenvalue weighted by atomic mass is 10.1. The van der Waals surface area contributed by atoms with Crippen LogP contribution in [0.1, 0.15) is 50.3 Å². The summed E-state index contributed by atoms with van der Waals surface area (Å²) in [4.78, 5) is 0. The number of unbranched alkanes of at least 4 members (excludes halogenated alkanes) is 4. The lowest BCUT2D eigenvalue weighted by Crippen LogP contribution is -2.07. The van der Waals surface area contributed by atoms with Gasteiger partial charge >= 0.3 is 6.18 Å². The number of H-pyrrole nitrogens is 1. The molecular formula is C11H17F3N2. The molecule has 2 nitrogen and oxygen atoms in total. The number of aryl methyl sites for hydroxylation is 1. The van der Waals surface area contributed by atoms with Gasteiger partial charge in [-0.3, -0.25) is 5.10 Å². The molecule has 0 saturated carbocycles. The minimum atomic E-state index is -4.29. The monoisotopic (exact) mass is 234 g/mol. The first kappa shape index (κ1) is 13.1. The highest BCUT2D eigenvalue weighted by molar-refractivity contribution is 5.19. The third kappa shape index (κ3) is 3.87. The summed E-state index contributed by atoms with van der Waals surface area (Å²) in [5, 5.41) is 5.94. The van der Waals surface area contributed by atoms with Crippen molar-refractivity contribution in [2.75, 3.05) is 0 Å². The van der Waals surface area contributed by atoms with Crippen LogP contribution in [0, 0.1) is 0 Å². The van der Waals surface area contributed by atoms with E-state index in [2.05, 4.69) is 17.1 Å². The van der Waals surface area contributed by atoms with Gasteiger partial charge in [-0.15, -0.1) is 0 Å². The normalized spacial score (nSPS) is 12.0. The fourth-order valence-corrected chi connectivity index (χ4v) is 1.65. The quantitative estimate of drug-likeness (QED) is 0.742. The van der Waals surface area contributed by atoms with Crippen molar-refractivity contribution in [2.45, 2.75) is 51.6 Å². The van der Waals surface area contributed by atoms with E-state index >= 15 is 0 Å². The van der Waals surface area contributed by atoms with Gasteiger partial charge in [-0.2, -0.15) is 18.3 Å². The molecular weight excluding hydrogens is 217 g/mol. The van der Waals surface area contributed by atoms with Crippen LogP contribution in [-0.2, 0) is 12.6 Å². The molecule has 0 aliphatic rings. The van der Waals surface area contributed by atoms with Gasteiger partial charge in [0.25, 0.3) is 0 Å². The molecule has 1 N–H and O–H groups in total. The Morgan fingerprint density at radius 2 is 1.88 bits per heavy atom. The Bertz CT molecular complexity index is 304. The number of nitrogens with one attached hydrogen (secondary N) is 1. The van der Waals surface area contributed by atoms with Crippen LogP contribution >= 0.6 is 0 Å². The van der Waals surface area contributed by atoms with Gasteiger partial charge in [-0.1, -0.05) is 32.6 Å². The van der Waals surface area contributed by atoms with Crippen LogP contribution in [0.4, 0.5) is 13.2 Å². The van der Waals surface area contributed by atoms with E-state index in [0.29, 0.717) is 6.42 Å². The standard InChI is InChI=1S/C11H17F3N2/c1-2-3-4-5-6-7-10-9(8-15-16-10)11(12,13)14/h8H,2-7H2,1H3,(H,15,16). The van der Waals surface area contributed by atoms with Crippen LogP contribution in [0.15, 0.2) is 6.20 Å². The third-order valence-corrected chi connectivity index (χ3v) is 2.54. The second-order valence-corrected chi connectivity index (χ2v) is 3.91. The van der Waals surface area contributed by atoms with E-state index in [1.54, 1.807) is 0 Å². The molecule has 0 unspecified atom stereocenters. The smallest absolute Gasteiger partial charge is 0.285 e. The molecule has 0 atom stereocenters. The fraction of sp³-hybridized carbons (Fsp3) is 0.727. The maximum atomic E-state index is 12.5. The molecule has 0 bridgehead atoms. The SMILES string of the molecule is CCCCCCCc1n[nH]cc1C(F)(F)F. The van der Waals surface area contributed by atoms with E-state index in [9.17, 15) is 13.2 Å². The van der Waals surface area contributed by atoms with Crippen LogP contribution in [0.5, 0.6) is 0 Å². The lowest BCUT2D eigenvalue weighted by molar-refractivity contribution is -0.138. The molecule has 92 valence electrons. The summed E-state index contributed by atoms with van der Waals surface area (Å²) in [6.07, 6.45) is 2.16. The molecule has 1 rings (SSSR count). The van der Waals surface area contributed by atoms with Gasteiger partial charge in [0.05, 0.1) is 11.3 Å². The van der Waals surface area contributed by atoms with Gasteiger partial charge < -0.3 is 0 Å². The van der Waals surface area contributed by atoms with Gasteiger partial charge in [0.15, 0.2) is 0 Å². The van der Waals surface area contributed by atoms with E-state index in [1.165, 1.54) is 0 Å². The number of halogens is 3. The summed E-state index contributed by atoms with van der Waals surface area (Å²) >= 11 is 0. The summed E-state index contributed by atoms with van der Waals surface area (Å²) in [7, 11) is 0. The lowest BCUT2D eigenvalue weighted by Gasteiger charge is -2.05. The number of aromatic nitrogens is 2. The summed E-state index contributed by atoms with van der Waals surface area (Å²) in [6.45, 7) is 2.11. The van der Waals surface area contributed by atoms with Gasteiger partial charge in [0.2, 0.25) is 0 Å². The largest absolute Gasteiger partial charge is 0.419 e. The van der Waals surface area contributed by atoms with E-state index in [4.69, 9.17) is 0 Å². The molecule has 16 heavy (non-hydrogen) atoms. The summed E-state index contributed by atoms with van der Waals surface area (Å²) < 4.78 is 37.4. The van der Waals surface area contributed by atoms with Gasteiger partial charge in [-0.25, -0.2) is 0 Å². The molecule has 5 heteroatoms. The number of hydrogen-bond donors (Lipinski definition) is 1. The van der Waals surface area contributed by atoms with Crippen molar-refractivity contribution >= 4 is 0 Å². The van der Waals surface area contributed by atoms with Crippen LogP contribution in [0.2, 0.25) is 0 Å². The molecule has 0 fully saturated rings. The Morgan fingerprint density at radius 1 is 1.19 bits per heavy atom. The Morgan fingerprint density at radius 3 is 2.50 bits per heavy atom. The summed E-state index contributed by atoms with van der Waals surface area (Å²) in [5.74, 6) is 0. The van der Waals surface area contributed by atoms with E-state index in [1.807, 2.05) is 0 Å². The first-order chi connectivity index (χ1) is 7.55. The number of hydrogen-bond acceptors (Lipinski definition) is 1. The van der Waals surface area contributed by atoms with Crippen LogP contribution in [0.25, 0.3) is 0 Å². The second-order valence-electron chi connectivity index (χ2n) is 3.91. The predicted octanol–water partition coefficient (Wildman–Crippen LogP) is 3.94. The van der Waals surface area contributed by atoms with E-state index in [-0.39, 0.29) is 5.69 Å². The Labute approximate surface area is 93.2 Å². The van der Waals surface area contributed by atoms with Crippen molar-refractivity contribution in [1.29, 1.82) is 0 Å². The van der Waals surface area contributed by atoms with Crippen LogP contribution < -0.4 is 0 Å². The molecule has 0 radical (unpaired) electrons. The molecule has 0 aromatic carbocycles. The zero-order chi connectivity index (χ0) is 12.0. The molecule has 0 aliphatic heterocycles. The zero-order valence-electron chi connectivity index (χ0n) is 9.40. The van der Waals surface area contributed by atoms with Crippen molar-refractivity contribution in [3.8, 4) is 0 Å². The maximum absolute atomic E-state index is 12.5. The first-order valence-electron chi connectivity index (χ1n) is 5.65. The number of rotatable bonds is 6. The number of aromatic amines is 1. The summed E-state index contributed by atoms with van der Waals surface area (Å²) in [6, 6.07) is 0. The van der Waals surface area contributed by atoms with Crippen molar-refractivity contribution in [1.82, 2.24) is 10.2 Å². The topological polar surface area (TPSA) is 28.7 Å². The Balaban J connectivity index is 2.40.